The standard InChI is InChI=1S/C14H23N3O3S/c1-3-16-9-12(7-15-16)21(18,19)17-8-11-5-4-6-14(20-2)13(11)10-17/h7,9,11,13-14H,3-6,8,10H2,1-2H3/t11-,13+,14-/m1/s1. The van der Waals surface area contributed by atoms with E-state index in [1.807, 2.05) is 6.92 Å². The third-order valence-electron chi connectivity index (χ3n) is 4.87. The van der Waals surface area contributed by atoms with Crippen molar-refractivity contribution in [2.75, 3.05) is 20.2 Å². The number of fused-ring (bicyclic) bond motifs is 1. The molecule has 3 atom stereocenters. The molecule has 3 rings (SSSR count). The fourth-order valence-corrected chi connectivity index (χ4v) is 5.16. The minimum Gasteiger partial charge on any atom is -0.381 e. The van der Waals surface area contributed by atoms with Crippen LogP contribution in [-0.4, -0.2) is 48.8 Å². The number of rotatable bonds is 4. The minimum absolute atomic E-state index is 0.197. The highest BCUT2D eigenvalue weighted by Crippen LogP contribution is 2.39. The summed E-state index contributed by atoms with van der Waals surface area (Å²) < 4.78 is 34.3. The molecule has 1 saturated carbocycles. The summed E-state index contributed by atoms with van der Waals surface area (Å²) in [6, 6.07) is 0. The van der Waals surface area contributed by atoms with Crippen molar-refractivity contribution in [3.63, 3.8) is 0 Å². The summed E-state index contributed by atoms with van der Waals surface area (Å²) in [4.78, 5) is 0.303. The van der Waals surface area contributed by atoms with Crippen molar-refractivity contribution in [3.05, 3.63) is 12.4 Å². The number of methoxy groups -OCH3 is 1. The number of sulfonamides is 1. The Morgan fingerprint density at radius 3 is 2.86 bits per heavy atom. The van der Waals surface area contributed by atoms with Gasteiger partial charge in [-0.05, 0) is 25.7 Å². The molecule has 1 aliphatic carbocycles. The average molecular weight is 313 g/mol. The zero-order valence-electron chi connectivity index (χ0n) is 12.6. The van der Waals surface area contributed by atoms with Gasteiger partial charge in [0, 0.05) is 38.9 Å². The second-order valence-corrected chi connectivity index (χ2v) is 7.92. The first-order valence-corrected chi connectivity index (χ1v) is 9.05. The first kappa shape index (κ1) is 15.0. The smallest absolute Gasteiger partial charge is 0.246 e. The fraction of sp³-hybridized carbons (Fsp3) is 0.786. The van der Waals surface area contributed by atoms with E-state index in [-0.39, 0.29) is 6.10 Å². The lowest BCUT2D eigenvalue weighted by Crippen LogP contribution is -2.33. The molecular formula is C14H23N3O3S. The molecule has 0 radical (unpaired) electrons. The molecule has 21 heavy (non-hydrogen) atoms. The molecular weight excluding hydrogens is 290 g/mol. The Kier molecular flexibility index (Phi) is 4.07. The first-order chi connectivity index (χ1) is 10.1. The van der Waals surface area contributed by atoms with Crippen LogP contribution in [0.15, 0.2) is 17.3 Å². The van der Waals surface area contributed by atoms with E-state index in [2.05, 4.69) is 5.10 Å². The van der Waals surface area contributed by atoms with E-state index in [0.29, 0.717) is 36.4 Å². The van der Waals surface area contributed by atoms with E-state index in [9.17, 15) is 8.42 Å². The maximum Gasteiger partial charge on any atom is 0.246 e. The Morgan fingerprint density at radius 1 is 1.38 bits per heavy atom. The minimum atomic E-state index is -3.42. The topological polar surface area (TPSA) is 64.4 Å². The van der Waals surface area contributed by atoms with Gasteiger partial charge in [-0.25, -0.2) is 8.42 Å². The second kappa shape index (κ2) is 5.70. The summed E-state index contributed by atoms with van der Waals surface area (Å²) in [6.45, 7) is 3.80. The number of ether oxygens (including phenoxy) is 1. The van der Waals surface area contributed by atoms with Crippen LogP contribution in [0, 0.1) is 11.8 Å². The van der Waals surface area contributed by atoms with Gasteiger partial charge >= 0.3 is 0 Å². The highest BCUT2D eigenvalue weighted by atomic mass is 32.2. The normalized spacial score (nSPS) is 30.5. The van der Waals surface area contributed by atoms with E-state index >= 15 is 0 Å². The number of hydrogen-bond acceptors (Lipinski definition) is 4. The zero-order chi connectivity index (χ0) is 15.0. The van der Waals surface area contributed by atoms with Crippen LogP contribution in [0.25, 0.3) is 0 Å². The van der Waals surface area contributed by atoms with Crippen molar-refractivity contribution in [1.82, 2.24) is 14.1 Å². The molecule has 2 fully saturated rings. The molecule has 0 bridgehead atoms. The third kappa shape index (κ3) is 2.62. The maximum absolute atomic E-state index is 12.7. The molecule has 0 aromatic carbocycles. The van der Waals surface area contributed by atoms with Gasteiger partial charge in [0.1, 0.15) is 4.90 Å². The number of nitrogens with zero attached hydrogens (tertiary/aromatic N) is 3. The Morgan fingerprint density at radius 2 is 2.19 bits per heavy atom. The van der Waals surface area contributed by atoms with Crippen molar-refractivity contribution < 1.29 is 13.2 Å². The van der Waals surface area contributed by atoms with Crippen LogP contribution in [0.4, 0.5) is 0 Å². The van der Waals surface area contributed by atoms with Crippen molar-refractivity contribution in [2.45, 2.75) is 43.7 Å². The summed E-state index contributed by atoms with van der Waals surface area (Å²) in [5.41, 5.74) is 0. The Balaban J connectivity index is 1.81. The van der Waals surface area contributed by atoms with Gasteiger partial charge < -0.3 is 4.74 Å². The Bertz CT molecular complexity index is 598. The monoisotopic (exact) mass is 313 g/mol. The van der Waals surface area contributed by atoms with E-state index in [1.165, 1.54) is 6.20 Å². The molecule has 0 N–H and O–H groups in total. The Labute approximate surface area is 126 Å². The van der Waals surface area contributed by atoms with Crippen LogP contribution in [-0.2, 0) is 21.3 Å². The van der Waals surface area contributed by atoms with Gasteiger partial charge in [0.2, 0.25) is 10.0 Å². The molecule has 0 spiro atoms. The second-order valence-electron chi connectivity index (χ2n) is 5.98. The SMILES string of the molecule is CCn1cc(S(=O)(=O)N2C[C@H]3CCC[C@@H](OC)[C@H]3C2)cn1. The van der Waals surface area contributed by atoms with Gasteiger partial charge in [0.15, 0.2) is 0 Å². The largest absolute Gasteiger partial charge is 0.381 e. The van der Waals surface area contributed by atoms with Crippen molar-refractivity contribution in [1.29, 1.82) is 0 Å². The zero-order valence-corrected chi connectivity index (χ0v) is 13.4. The number of hydrogen-bond donors (Lipinski definition) is 0. The molecule has 1 saturated heterocycles. The predicted octanol–water partition coefficient (Wildman–Crippen LogP) is 1.34. The van der Waals surface area contributed by atoms with Crippen molar-refractivity contribution in [3.8, 4) is 0 Å². The summed E-state index contributed by atoms with van der Waals surface area (Å²) in [6.07, 6.45) is 6.54. The van der Waals surface area contributed by atoms with Crippen LogP contribution >= 0.6 is 0 Å². The van der Waals surface area contributed by atoms with E-state index in [1.54, 1.807) is 22.3 Å². The highest BCUT2D eigenvalue weighted by molar-refractivity contribution is 7.89. The number of aryl methyl sites for hydroxylation is 1. The predicted molar refractivity (Wildman–Crippen MR) is 78.3 cm³/mol. The molecule has 2 aliphatic rings. The third-order valence-corrected chi connectivity index (χ3v) is 6.66. The quantitative estimate of drug-likeness (QED) is 0.841. The van der Waals surface area contributed by atoms with Gasteiger partial charge in [0.25, 0.3) is 0 Å². The Hall–Kier alpha value is -0.920. The first-order valence-electron chi connectivity index (χ1n) is 7.61. The van der Waals surface area contributed by atoms with E-state index < -0.39 is 10.0 Å². The molecule has 1 aliphatic heterocycles. The van der Waals surface area contributed by atoms with Gasteiger partial charge in [0.05, 0.1) is 12.3 Å². The molecule has 2 heterocycles. The van der Waals surface area contributed by atoms with E-state index in [4.69, 9.17) is 4.74 Å². The average Bonchev–Trinajstić information content (AvgIpc) is 3.13. The summed E-state index contributed by atoms with van der Waals surface area (Å²) in [7, 11) is -1.69. The van der Waals surface area contributed by atoms with Crippen LogP contribution in [0.1, 0.15) is 26.2 Å². The summed E-state index contributed by atoms with van der Waals surface area (Å²) >= 11 is 0. The van der Waals surface area contributed by atoms with Gasteiger partial charge in [-0.15, -0.1) is 0 Å². The van der Waals surface area contributed by atoms with Crippen molar-refractivity contribution in [2.24, 2.45) is 11.8 Å². The highest BCUT2D eigenvalue weighted by Gasteiger charge is 2.44. The number of aromatic nitrogens is 2. The lowest BCUT2D eigenvalue weighted by Gasteiger charge is -2.31. The van der Waals surface area contributed by atoms with E-state index in [0.717, 1.165) is 19.3 Å². The molecule has 6 nitrogen and oxygen atoms in total. The van der Waals surface area contributed by atoms with Gasteiger partial charge in [-0.2, -0.15) is 9.40 Å². The molecule has 1 aromatic rings. The molecule has 0 unspecified atom stereocenters. The van der Waals surface area contributed by atoms with Crippen LogP contribution in [0.5, 0.6) is 0 Å². The van der Waals surface area contributed by atoms with Crippen LogP contribution < -0.4 is 0 Å². The lowest BCUT2D eigenvalue weighted by molar-refractivity contribution is 0.0133. The molecule has 1 aromatic heterocycles. The van der Waals surface area contributed by atoms with Crippen LogP contribution in [0.2, 0.25) is 0 Å². The fourth-order valence-electron chi connectivity index (χ4n) is 3.67. The maximum atomic E-state index is 12.7. The van der Waals surface area contributed by atoms with Gasteiger partial charge in [-0.1, -0.05) is 6.42 Å². The summed E-state index contributed by atoms with van der Waals surface area (Å²) in [5, 5.41) is 4.08. The van der Waals surface area contributed by atoms with Gasteiger partial charge in [-0.3, -0.25) is 4.68 Å². The molecule has 0 amide bonds. The molecule has 7 heteroatoms. The van der Waals surface area contributed by atoms with Crippen molar-refractivity contribution >= 4 is 10.0 Å². The molecule has 118 valence electrons. The van der Waals surface area contributed by atoms with Crippen LogP contribution in [0.3, 0.4) is 0 Å². The summed E-state index contributed by atoms with van der Waals surface area (Å²) in [5.74, 6) is 0.763. The lowest BCUT2D eigenvalue weighted by atomic mass is 9.79.